The van der Waals surface area contributed by atoms with Crippen LogP contribution in [0.5, 0.6) is 0 Å². The number of anilines is 1. The van der Waals surface area contributed by atoms with Crippen molar-refractivity contribution in [1.82, 2.24) is 0 Å². The SMILES string of the molecule is CCCCCCCCCCCC(=O)N(C)c1ccc(Br)cc1. The summed E-state index contributed by atoms with van der Waals surface area (Å²) in [6.45, 7) is 2.25. The Morgan fingerprint density at radius 3 is 1.95 bits per heavy atom. The van der Waals surface area contributed by atoms with Gasteiger partial charge in [0.1, 0.15) is 0 Å². The largest absolute Gasteiger partial charge is 0.316 e. The first-order valence-corrected chi connectivity index (χ1v) is 9.46. The molecule has 22 heavy (non-hydrogen) atoms. The van der Waals surface area contributed by atoms with E-state index in [4.69, 9.17) is 0 Å². The zero-order chi connectivity index (χ0) is 16.2. The summed E-state index contributed by atoms with van der Waals surface area (Å²) in [5.74, 6) is 0.213. The monoisotopic (exact) mass is 367 g/mol. The van der Waals surface area contributed by atoms with Crippen LogP contribution in [0.3, 0.4) is 0 Å². The lowest BCUT2D eigenvalue weighted by Crippen LogP contribution is -2.25. The molecule has 0 heterocycles. The first-order valence-electron chi connectivity index (χ1n) is 8.67. The summed E-state index contributed by atoms with van der Waals surface area (Å²) in [5.41, 5.74) is 0.962. The molecule has 0 atom stereocenters. The third kappa shape index (κ3) is 7.98. The van der Waals surface area contributed by atoms with Crippen LogP contribution in [-0.4, -0.2) is 13.0 Å². The highest BCUT2D eigenvalue weighted by atomic mass is 79.9. The van der Waals surface area contributed by atoms with E-state index in [1.165, 1.54) is 51.4 Å². The molecule has 0 aliphatic heterocycles. The third-order valence-electron chi connectivity index (χ3n) is 4.08. The molecule has 2 nitrogen and oxygen atoms in total. The quantitative estimate of drug-likeness (QED) is 0.418. The maximum atomic E-state index is 12.1. The minimum atomic E-state index is 0.213. The van der Waals surface area contributed by atoms with Crippen LogP contribution in [-0.2, 0) is 4.79 Å². The second-order valence-electron chi connectivity index (χ2n) is 6.01. The first-order chi connectivity index (χ1) is 10.6. The molecule has 1 aromatic carbocycles. The van der Waals surface area contributed by atoms with Crippen LogP contribution in [0, 0.1) is 0 Å². The topological polar surface area (TPSA) is 20.3 Å². The number of halogens is 1. The molecular formula is C19H30BrNO. The number of rotatable bonds is 11. The van der Waals surface area contributed by atoms with E-state index in [-0.39, 0.29) is 5.91 Å². The van der Waals surface area contributed by atoms with Crippen molar-refractivity contribution in [2.75, 3.05) is 11.9 Å². The Hall–Kier alpha value is -0.830. The van der Waals surface area contributed by atoms with Gasteiger partial charge in [-0.15, -0.1) is 0 Å². The molecule has 0 N–H and O–H groups in total. The predicted molar refractivity (Wildman–Crippen MR) is 99.4 cm³/mol. The van der Waals surface area contributed by atoms with E-state index in [2.05, 4.69) is 22.9 Å². The van der Waals surface area contributed by atoms with Crippen LogP contribution in [0.2, 0.25) is 0 Å². The molecule has 0 aromatic heterocycles. The van der Waals surface area contributed by atoms with E-state index >= 15 is 0 Å². The summed E-state index contributed by atoms with van der Waals surface area (Å²) in [5, 5.41) is 0. The van der Waals surface area contributed by atoms with Gasteiger partial charge in [-0.2, -0.15) is 0 Å². The molecule has 0 fully saturated rings. The lowest BCUT2D eigenvalue weighted by molar-refractivity contribution is -0.118. The van der Waals surface area contributed by atoms with Crippen molar-refractivity contribution in [2.45, 2.75) is 71.1 Å². The van der Waals surface area contributed by atoms with E-state index in [1.54, 1.807) is 4.90 Å². The van der Waals surface area contributed by atoms with Gasteiger partial charge in [0, 0.05) is 23.6 Å². The van der Waals surface area contributed by atoms with Crippen LogP contribution in [0.4, 0.5) is 5.69 Å². The van der Waals surface area contributed by atoms with Crippen LogP contribution in [0.25, 0.3) is 0 Å². The van der Waals surface area contributed by atoms with E-state index in [0.29, 0.717) is 6.42 Å². The van der Waals surface area contributed by atoms with Crippen LogP contribution in [0.1, 0.15) is 71.1 Å². The van der Waals surface area contributed by atoms with Gasteiger partial charge in [-0.3, -0.25) is 4.79 Å². The lowest BCUT2D eigenvalue weighted by Gasteiger charge is -2.17. The van der Waals surface area contributed by atoms with Crippen molar-refractivity contribution in [3.05, 3.63) is 28.7 Å². The zero-order valence-corrected chi connectivity index (χ0v) is 15.7. The number of amides is 1. The second kappa shape index (κ2) is 11.7. The Morgan fingerprint density at radius 1 is 0.909 bits per heavy atom. The van der Waals surface area contributed by atoms with Crippen molar-refractivity contribution < 1.29 is 4.79 Å². The molecule has 124 valence electrons. The molecular weight excluding hydrogens is 338 g/mol. The minimum absolute atomic E-state index is 0.213. The van der Waals surface area contributed by atoms with Gasteiger partial charge in [0.2, 0.25) is 5.91 Å². The van der Waals surface area contributed by atoms with Gasteiger partial charge in [-0.25, -0.2) is 0 Å². The van der Waals surface area contributed by atoms with Crippen molar-refractivity contribution in [3.8, 4) is 0 Å². The van der Waals surface area contributed by atoms with E-state index in [9.17, 15) is 4.79 Å². The Morgan fingerprint density at radius 2 is 1.41 bits per heavy atom. The standard InChI is InChI=1S/C19H30BrNO/c1-3-4-5-6-7-8-9-10-11-12-19(22)21(2)18-15-13-17(20)14-16-18/h13-16H,3-12H2,1-2H3. The molecule has 3 heteroatoms. The van der Waals surface area contributed by atoms with Gasteiger partial charge in [0.15, 0.2) is 0 Å². The maximum absolute atomic E-state index is 12.1. The molecule has 0 spiro atoms. The van der Waals surface area contributed by atoms with Crippen LogP contribution < -0.4 is 4.90 Å². The van der Waals surface area contributed by atoms with Gasteiger partial charge in [-0.1, -0.05) is 74.2 Å². The van der Waals surface area contributed by atoms with E-state index < -0.39 is 0 Å². The van der Waals surface area contributed by atoms with E-state index in [0.717, 1.165) is 16.6 Å². The molecule has 1 rings (SSSR count). The summed E-state index contributed by atoms with van der Waals surface area (Å²) in [4.78, 5) is 13.9. The summed E-state index contributed by atoms with van der Waals surface area (Å²) in [6, 6.07) is 7.88. The average Bonchev–Trinajstić information content (AvgIpc) is 2.53. The average molecular weight is 368 g/mol. The maximum Gasteiger partial charge on any atom is 0.226 e. The van der Waals surface area contributed by atoms with Gasteiger partial charge < -0.3 is 4.90 Å². The Labute approximate surface area is 144 Å². The smallest absolute Gasteiger partial charge is 0.226 e. The molecule has 0 aliphatic carbocycles. The minimum Gasteiger partial charge on any atom is -0.316 e. The van der Waals surface area contributed by atoms with Crippen molar-refractivity contribution >= 4 is 27.5 Å². The van der Waals surface area contributed by atoms with Crippen molar-refractivity contribution in [1.29, 1.82) is 0 Å². The molecule has 0 radical (unpaired) electrons. The molecule has 0 bridgehead atoms. The summed E-state index contributed by atoms with van der Waals surface area (Å²) >= 11 is 3.41. The zero-order valence-electron chi connectivity index (χ0n) is 14.1. The lowest BCUT2D eigenvalue weighted by atomic mass is 10.1. The highest BCUT2D eigenvalue weighted by Gasteiger charge is 2.10. The fourth-order valence-corrected chi connectivity index (χ4v) is 2.83. The van der Waals surface area contributed by atoms with Gasteiger partial charge in [0.25, 0.3) is 0 Å². The third-order valence-corrected chi connectivity index (χ3v) is 4.61. The fraction of sp³-hybridized carbons (Fsp3) is 0.632. The summed E-state index contributed by atoms with van der Waals surface area (Å²) in [7, 11) is 1.86. The second-order valence-corrected chi connectivity index (χ2v) is 6.92. The molecule has 0 unspecified atom stereocenters. The number of unbranched alkanes of at least 4 members (excludes halogenated alkanes) is 8. The Kier molecular flexibility index (Phi) is 10.2. The molecule has 0 aliphatic rings. The number of hydrogen-bond acceptors (Lipinski definition) is 1. The number of carbonyl (C=O) groups is 1. The van der Waals surface area contributed by atoms with Gasteiger partial charge in [0.05, 0.1) is 0 Å². The fourth-order valence-electron chi connectivity index (χ4n) is 2.56. The van der Waals surface area contributed by atoms with Crippen LogP contribution >= 0.6 is 15.9 Å². The number of carbonyl (C=O) groups excluding carboxylic acids is 1. The number of hydrogen-bond donors (Lipinski definition) is 0. The highest BCUT2D eigenvalue weighted by molar-refractivity contribution is 9.10. The van der Waals surface area contributed by atoms with Crippen LogP contribution in [0.15, 0.2) is 28.7 Å². The molecule has 1 amide bonds. The summed E-state index contributed by atoms with van der Waals surface area (Å²) in [6.07, 6.45) is 12.2. The predicted octanol–water partition coefficient (Wildman–Crippen LogP) is 6.33. The number of nitrogens with zero attached hydrogens (tertiary/aromatic N) is 1. The van der Waals surface area contributed by atoms with Gasteiger partial charge in [-0.05, 0) is 30.7 Å². The van der Waals surface area contributed by atoms with Crippen molar-refractivity contribution in [3.63, 3.8) is 0 Å². The number of benzene rings is 1. The Bertz CT molecular complexity index is 416. The molecule has 1 aromatic rings. The van der Waals surface area contributed by atoms with E-state index in [1.807, 2.05) is 31.3 Å². The Balaban J connectivity index is 2.09. The molecule has 0 saturated carbocycles. The summed E-state index contributed by atoms with van der Waals surface area (Å²) < 4.78 is 1.04. The molecule has 0 saturated heterocycles. The normalized spacial score (nSPS) is 10.7. The van der Waals surface area contributed by atoms with Gasteiger partial charge >= 0.3 is 0 Å². The first kappa shape index (κ1) is 19.2. The highest BCUT2D eigenvalue weighted by Crippen LogP contribution is 2.18. The van der Waals surface area contributed by atoms with Crippen molar-refractivity contribution in [2.24, 2.45) is 0 Å².